The summed E-state index contributed by atoms with van der Waals surface area (Å²) in [5.74, 6) is 0.0998. The first-order valence-electron chi connectivity index (χ1n) is 4.03. The first-order chi connectivity index (χ1) is 6.15. The molecule has 3 heteroatoms. The van der Waals surface area contributed by atoms with Crippen molar-refractivity contribution in [2.24, 2.45) is 5.92 Å². The fraction of sp³-hybridized carbons (Fsp3) is 0.300. The van der Waals surface area contributed by atoms with Crippen molar-refractivity contribution in [3.8, 4) is 0 Å². The van der Waals surface area contributed by atoms with Crippen molar-refractivity contribution in [1.82, 2.24) is 0 Å². The number of hydrogen-bond donors (Lipinski definition) is 0. The summed E-state index contributed by atoms with van der Waals surface area (Å²) >= 11 is 5.75. The molecule has 0 heterocycles. The van der Waals surface area contributed by atoms with E-state index in [9.17, 15) is 4.79 Å². The van der Waals surface area contributed by atoms with Gasteiger partial charge in [0, 0.05) is 14.0 Å². The maximum atomic E-state index is 10.5. The highest BCUT2D eigenvalue weighted by molar-refractivity contribution is 14.1. The van der Waals surface area contributed by atoms with Gasteiger partial charge in [-0.15, -0.1) is 0 Å². The van der Waals surface area contributed by atoms with Crippen LogP contribution in [-0.4, -0.2) is 6.29 Å². The molecule has 0 aliphatic rings. The summed E-state index contributed by atoms with van der Waals surface area (Å²) in [6, 6.07) is 6.07. The summed E-state index contributed by atoms with van der Waals surface area (Å²) in [5, 5.41) is 0. The second-order valence-electron chi connectivity index (χ2n) is 3.03. The predicted molar refractivity (Wildman–Crippen MR) is 65.8 cm³/mol. The zero-order valence-corrected chi connectivity index (χ0v) is 11.0. The van der Waals surface area contributed by atoms with Crippen molar-refractivity contribution in [1.29, 1.82) is 0 Å². The average molecular weight is 353 g/mol. The number of carbonyl (C=O) groups is 1. The molecule has 0 bridgehead atoms. The van der Waals surface area contributed by atoms with Gasteiger partial charge < -0.3 is 4.79 Å². The summed E-state index contributed by atoms with van der Waals surface area (Å²) in [4.78, 5) is 10.5. The second kappa shape index (κ2) is 5.10. The molecule has 1 aromatic rings. The average Bonchev–Trinajstić information content (AvgIpc) is 2.13. The van der Waals surface area contributed by atoms with Gasteiger partial charge in [-0.05, 0) is 56.6 Å². The molecule has 13 heavy (non-hydrogen) atoms. The topological polar surface area (TPSA) is 17.1 Å². The minimum atomic E-state index is 0.0998. The van der Waals surface area contributed by atoms with E-state index in [1.807, 2.05) is 19.1 Å². The normalized spacial score (nSPS) is 12.5. The first kappa shape index (κ1) is 11.2. The Morgan fingerprint density at radius 1 is 1.62 bits per heavy atom. The minimum absolute atomic E-state index is 0.0998. The number of benzene rings is 1. The van der Waals surface area contributed by atoms with Crippen molar-refractivity contribution in [2.45, 2.75) is 13.3 Å². The number of carbonyl (C=O) groups excluding carboxylic acids is 1. The quantitative estimate of drug-likeness (QED) is 0.601. The Morgan fingerprint density at radius 2 is 2.31 bits per heavy atom. The molecule has 70 valence electrons. The Bertz CT molecular complexity index is 312. The SMILES string of the molecule is CC(C=O)Cc1cccc(Br)c1I. The molecule has 0 aromatic heterocycles. The maximum Gasteiger partial charge on any atom is 0.123 e. The Balaban J connectivity index is 2.88. The van der Waals surface area contributed by atoms with E-state index in [1.165, 1.54) is 9.13 Å². The van der Waals surface area contributed by atoms with Crippen molar-refractivity contribution >= 4 is 44.8 Å². The fourth-order valence-electron chi connectivity index (χ4n) is 1.10. The van der Waals surface area contributed by atoms with Crippen LogP contribution in [-0.2, 0) is 11.2 Å². The Labute approximate surface area is 100 Å². The zero-order chi connectivity index (χ0) is 9.84. The van der Waals surface area contributed by atoms with E-state index in [1.54, 1.807) is 0 Å². The lowest BCUT2D eigenvalue weighted by Crippen LogP contribution is -2.02. The van der Waals surface area contributed by atoms with E-state index >= 15 is 0 Å². The maximum absolute atomic E-state index is 10.5. The van der Waals surface area contributed by atoms with Crippen molar-refractivity contribution in [3.63, 3.8) is 0 Å². The van der Waals surface area contributed by atoms with Gasteiger partial charge in [0.15, 0.2) is 0 Å². The molecule has 0 amide bonds. The van der Waals surface area contributed by atoms with Gasteiger partial charge in [0.05, 0.1) is 0 Å². The molecule has 1 nitrogen and oxygen atoms in total. The van der Waals surface area contributed by atoms with Crippen LogP contribution in [0.1, 0.15) is 12.5 Å². The van der Waals surface area contributed by atoms with Gasteiger partial charge in [-0.1, -0.05) is 19.1 Å². The molecular weight excluding hydrogens is 343 g/mol. The highest BCUT2D eigenvalue weighted by Crippen LogP contribution is 2.24. The van der Waals surface area contributed by atoms with Gasteiger partial charge >= 0.3 is 0 Å². The first-order valence-corrected chi connectivity index (χ1v) is 5.90. The zero-order valence-electron chi connectivity index (χ0n) is 7.26. The lowest BCUT2D eigenvalue weighted by molar-refractivity contribution is -0.110. The van der Waals surface area contributed by atoms with E-state index in [0.29, 0.717) is 0 Å². The van der Waals surface area contributed by atoms with Gasteiger partial charge in [0.2, 0.25) is 0 Å². The Kier molecular flexibility index (Phi) is 4.38. The minimum Gasteiger partial charge on any atom is -0.303 e. The van der Waals surface area contributed by atoms with E-state index < -0.39 is 0 Å². The number of aldehydes is 1. The summed E-state index contributed by atoms with van der Waals surface area (Å²) in [6.45, 7) is 1.93. The fourth-order valence-corrected chi connectivity index (χ4v) is 2.09. The summed E-state index contributed by atoms with van der Waals surface area (Å²) in [7, 11) is 0. The third kappa shape index (κ3) is 3.06. The van der Waals surface area contributed by atoms with E-state index in [2.05, 4.69) is 44.6 Å². The van der Waals surface area contributed by atoms with Gasteiger partial charge in [-0.2, -0.15) is 0 Å². The molecule has 0 radical (unpaired) electrons. The van der Waals surface area contributed by atoms with Gasteiger partial charge in [-0.25, -0.2) is 0 Å². The van der Waals surface area contributed by atoms with E-state index in [-0.39, 0.29) is 5.92 Å². The van der Waals surface area contributed by atoms with Crippen LogP contribution < -0.4 is 0 Å². The third-order valence-corrected chi connectivity index (χ3v) is 4.48. The number of rotatable bonds is 3. The summed E-state index contributed by atoms with van der Waals surface area (Å²) in [6.07, 6.45) is 1.82. The van der Waals surface area contributed by atoms with Crippen molar-refractivity contribution in [2.75, 3.05) is 0 Å². The van der Waals surface area contributed by atoms with Gasteiger partial charge in [-0.3, -0.25) is 0 Å². The third-order valence-electron chi connectivity index (χ3n) is 1.81. The van der Waals surface area contributed by atoms with Crippen LogP contribution in [0.25, 0.3) is 0 Å². The molecule has 0 saturated heterocycles. The molecule has 0 aliphatic heterocycles. The van der Waals surface area contributed by atoms with Gasteiger partial charge in [0.25, 0.3) is 0 Å². The molecular formula is C10H10BrIO. The van der Waals surface area contributed by atoms with Crippen LogP contribution in [0.2, 0.25) is 0 Å². The molecule has 0 spiro atoms. The lowest BCUT2D eigenvalue weighted by Gasteiger charge is -2.07. The van der Waals surface area contributed by atoms with Crippen LogP contribution in [0.3, 0.4) is 0 Å². The van der Waals surface area contributed by atoms with Crippen LogP contribution in [0.4, 0.5) is 0 Å². The van der Waals surface area contributed by atoms with E-state index in [0.717, 1.165) is 17.2 Å². The predicted octanol–water partition coefficient (Wildman–Crippen LogP) is 3.43. The molecule has 1 atom stereocenters. The largest absolute Gasteiger partial charge is 0.303 e. The van der Waals surface area contributed by atoms with Crippen molar-refractivity contribution in [3.05, 3.63) is 31.8 Å². The van der Waals surface area contributed by atoms with E-state index in [4.69, 9.17) is 0 Å². The summed E-state index contributed by atoms with van der Waals surface area (Å²) in [5.41, 5.74) is 1.23. The van der Waals surface area contributed by atoms with Crippen molar-refractivity contribution < 1.29 is 4.79 Å². The molecule has 0 fully saturated rings. The standard InChI is InChI=1S/C10H10BrIO/c1-7(6-13)5-8-3-2-4-9(11)10(8)12/h2-4,6-7H,5H2,1H3. The van der Waals surface area contributed by atoms with Crippen LogP contribution in [0.5, 0.6) is 0 Å². The summed E-state index contributed by atoms with van der Waals surface area (Å²) < 4.78 is 2.30. The van der Waals surface area contributed by atoms with Crippen LogP contribution in [0, 0.1) is 9.49 Å². The molecule has 0 saturated carbocycles. The van der Waals surface area contributed by atoms with Gasteiger partial charge in [0.1, 0.15) is 6.29 Å². The molecule has 0 aliphatic carbocycles. The molecule has 1 unspecified atom stereocenters. The molecule has 1 rings (SSSR count). The van der Waals surface area contributed by atoms with Crippen LogP contribution >= 0.6 is 38.5 Å². The highest BCUT2D eigenvalue weighted by Gasteiger charge is 2.06. The molecule has 1 aromatic carbocycles. The Morgan fingerprint density at radius 3 is 2.92 bits per heavy atom. The smallest absolute Gasteiger partial charge is 0.123 e. The molecule has 0 N–H and O–H groups in total. The lowest BCUT2D eigenvalue weighted by atomic mass is 10.0. The van der Waals surface area contributed by atoms with Crippen LogP contribution in [0.15, 0.2) is 22.7 Å². The second-order valence-corrected chi connectivity index (χ2v) is 4.96. The Hall–Kier alpha value is 0.1000. The monoisotopic (exact) mass is 352 g/mol. The number of hydrogen-bond acceptors (Lipinski definition) is 1. The number of halogens is 2. The highest BCUT2D eigenvalue weighted by atomic mass is 127.